The zero-order valence-electron chi connectivity index (χ0n) is 11.2. The summed E-state index contributed by atoms with van der Waals surface area (Å²) in [6.45, 7) is -0.0854. The fraction of sp³-hybridized carbons (Fsp3) is 0.462. The highest BCUT2D eigenvalue weighted by Crippen LogP contribution is 2.33. The Labute approximate surface area is 122 Å². The molecule has 0 spiro atoms. The fourth-order valence-corrected chi connectivity index (χ4v) is 3.23. The van der Waals surface area contributed by atoms with Gasteiger partial charge >= 0.3 is 0 Å². The number of rotatable bonds is 5. The minimum absolute atomic E-state index is 0.00700. The molecule has 8 heteroatoms. The van der Waals surface area contributed by atoms with Gasteiger partial charge in [-0.1, -0.05) is 0 Å². The second-order valence-electron chi connectivity index (χ2n) is 5.25. The van der Waals surface area contributed by atoms with Gasteiger partial charge in [0.05, 0.1) is 16.7 Å². The number of aliphatic hydroxyl groups excluding tert-OH is 1. The summed E-state index contributed by atoms with van der Waals surface area (Å²) in [7, 11) is -3.73. The molecule has 0 radical (unpaired) electrons. The summed E-state index contributed by atoms with van der Waals surface area (Å²) in [4.78, 5) is 11.3. The van der Waals surface area contributed by atoms with Gasteiger partial charge in [0.15, 0.2) is 6.61 Å². The molecule has 21 heavy (non-hydrogen) atoms. The molecule has 1 heterocycles. The first-order valence-electron chi connectivity index (χ1n) is 6.70. The SMILES string of the molecule is O=C1COc2ccc(S(=O)(=O)NCC(O)C3CC3)cc2N1. The van der Waals surface area contributed by atoms with E-state index in [0.29, 0.717) is 11.4 Å². The lowest BCUT2D eigenvalue weighted by Crippen LogP contribution is -2.33. The number of sulfonamides is 1. The lowest BCUT2D eigenvalue weighted by Gasteiger charge is -2.18. The summed E-state index contributed by atoms with van der Waals surface area (Å²) in [5, 5.41) is 12.3. The van der Waals surface area contributed by atoms with Gasteiger partial charge in [-0.25, -0.2) is 13.1 Å². The second-order valence-corrected chi connectivity index (χ2v) is 7.02. The molecule has 3 N–H and O–H groups in total. The van der Waals surface area contributed by atoms with E-state index in [9.17, 15) is 18.3 Å². The Morgan fingerprint density at radius 3 is 2.90 bits per heavy atom. The molecular weight excluding hydrogens is 296 g/mol. The van der Waals surface area contributed by atoms with E-state index in [4.69, 9.17) is 4.74 Å². The van der Waals surface area contributed by atoms with Gasteiger partial charge in [-0.3, -0.25) is 4.79 Å². The summed E-state index contributed by atoms with van der Waals surface area (Å²) < 4.78 is 31.9. The Kier molecular flexibility index (Phi) is 3.60. The number of anilines is 1. The van der Waals surface area contributed by atoms with Crippen LogP contribution in [0, 0.1) is 5.92 Å². The monoisotopic (exact) mass is 312 g/mol. The molecule has 1 fully saturated rings. The highest BCUT2D eigenvalue weighted by Gasteiger charge is 2.30. The van der Waals surface area contributed by atoms with Gasteiger partial charge in [-0.05, 0) is 37.0 Å². The average Bonchev–Trinajstić information content (AvgIpc) is 3.28. The van der Waals surface area contributed by atoms with Crippen LogP contribution in [0.25, 0.3) is 0 Å². The lowest BCUT2D eigenvalue weighted by atomic mass is 10.2. The van der Waals surface area contributed by atoms with Crippen molar-refractivity contribution < 1.29 is 23.1 Å². The summed E-state index contributed by atoms with van der Waals surface area (Å²) >= 11 is 0. The molecule has 1 aliphatic carbocycles. The molecular formula is C13H16N2O5S. The molecule has 1 saturated carbocycles. The summed E-state index contributed by atoms with van der Waals surface area (Å²) in [6.07, 6.45) is 1.22. The maximum atomic E-state index is 12.2. The maximum Gasteiger partial charge on any atom is 0.262 e. The highest BCUT2D eigenvalue weighted by atomic mass is 32.2. The number of nitrogens with one attached hydrogen (secondary N) is 2. The summed E-state index contributed by atoms with van der Waals surface area (Å²) in [6, 6.07) is 4.25. The number of hydrogen-bond donors (Lipinski definition) is 3. The molecule has 114 valence electrons. The lowest BCUT2D eigenvalue weighted by molar-refractivity contribution is -0.118. The topological polar surface area (TPSA) is 105 Å². The molecule has 1 aliphatic heterocycles. The van der Waals surface area contributed by atoms with Crippen molar-refractivity contribution in [3.8, 4) is 5.75 Å². The van der Waals surface area contributed by atoms with Crippen LogP contribution >= 0.6 is 0 Å². The first-order valence-corrected chi connectivity index (χ1v) is 8.18. The van der Waals surface area contributed by atoms with Gasteiger partial charge in [0.25, 0.3) is 5.91 Å². The van der Waals surface area contributed by atoms with E-state index in [1.807, 2.05) is 0 Å². The normalized spacial score (nSPS) is 19.4. The van der Waals surface area contributed by atoms with Crippen molar-refractivity contribution in [2.75, 3.05) is 18.5 Å². The predicted molar refractivity (Wildman–Crippen MR) is 74.5 cm³/mol. The predicted octanol–water partition coefficient (Wildman–Crippen LogP) is 0.0667. The maximum absolute atomic E-state index is 12.2. The molecule has 1 atom stereocenters. The molecule has 2 aliphatic rings. The van der Waals surface area contributed by atoms with Crippen molar-refractivity contribution >= 4 is 21.6 Å². The van der Waals surface area contributed by atoms with Crippen LogP contribution in [0.2, 0.25) is 0 Å². The standard InChI is InChI=1S/C13H16N2O5S/c16-11(8-1-2-8)6-14-21(18,19)9-3-4-12-10(5-9)15-13(17)7-20-12/h3-5,8,11,14,16H,1-2,6-7H2,(H,15,17). The number of fused-ring (bicyclic) bond motifs is 1. The van der Waals surface area contributed by atoms with E-state index < -0.39 is 16.1 Å². The zero-order chi connectivity index (χ0) is 15.0. The number of carbonyl (C=O) groups excluding carboxylic acids is 1. The quantitative estimate of drug-likeness (QED) is 0.713. The van der Waals surface area contributed by atoms with Crippen LogP contribution in [-0.4, -0.2) is 38.7 Å². The number of aliphatic hydroxyl groups is 1. The Morgan fingerprint density at radius 1 is 1.43 bits per heavy atom. The van der Waals surface area contributed by atoms with E-state index in [0.717, 1.165) is 12.8 Å². The molecule has 1 unspecified atom stereocenters. The van der Waals surface area contributed by atoms with Crippen LogP contribution in [-0.2, 0) is 14.8 Å². The number of benzene rings is 1. The van der Waals surface area contributed by atoms with Crippen LogP contribution in [0.4, 0.5) is 5.69 Å². The molecule has 1 amide bonds. The number of amides is 1. The largest absolute Gasteiger partial charge is 0.482 e. The third-order valence-electron chi connectivity index (χ3n) is 3.54. The molecule has 0 saturated heterocycles. The first-order chi connectivity index (χ1) is 9.95. The van der Waals surface area contributed by atoms with E-state index in [1.165, 1.54) is 18.2 Å². The van der Waals surface area contributed by atoms with E-state index in [1.54, 1.807) is 0 Å². The third-order valence-corrected chi connectivity index (χ3v) is 4.96. The van der Waals surface area contributed by atoms with Crippen LogP contribution in [0.3, 0.4) is 0 Å². The van der Waals surface area contributed by atoms with Crippen molar-refractivity contribution in [1.82, 2.24) is 4.72 Å². The van der Waals surface area contributed by atoms with E-state index >= 15 is 0 Å². The molecule has 3 rings (SSSR count). The van der Waals surface area contributed by atoms with Crippen molar-refractivity contribution in [2.24, 2.45) is 5.92 Å². The highest BCUT2D eigenvalue weighted by molar-refractivity contribution is 7.89. The van der Waals surface area contributed by atoms with Crippen LogP contribution in [0.1, 0.15) is 12.8 Å². The van der Waals surface area contributed by atoms with Crippen LogP contribution < -0.4 is 14.8 Å². The van der Waals surface area contributed by atoms with Gasteiger partial charge in [0, 0.05) is 6.54 Å². The molecule has 7 nitrogen and oxygen atoms in total. The summed E-state index contributed by atoms with van der Waals surface area (Å²) in [5.41, 5.74) is 0.330. The van der Waals surface area contributed by atoms with Crippen molar-refractivity contribution in [1.29, 1.82) is 0 Å². The molecule has 0 bridgehead atoms. The number of ether oxygens (including phenoxy) is 1. The smallest absolute Gasteiger partial charge is 0.262 e. The van der Waals surface area contributed by atoms with Crippen LogP contribution in [0.5, 0.6) is 5.75 Å². The number of hydrogen-bond acceptors (Lipinski definition) is 5. The summed E-state index contributed by atoms with van der Waals surface area (Å²) in [5.74, 6) is 0.310. The van der Waals surface area contributed by atoms with Gasteiger partial charge in [0.2, 0.25) is 10.0 Å². The molecule has 1 aromatic rings. The van der Waals surface area contributed by atoms with Crippen LogP contribution in [0.15, 0.2) is 23.1 Å². The zero-order valence-corrected chi connectivity index (χ0v) is 12.0. The van der Waals surface area contributed by atoms with Crippen molar-refractivity contribution in [3.63, 3.8) is 0 Å². The Morgan fingerprint density at radius 2 is 2.19 bits per heavy atom. The third kappa shape index (κ3) is 3.17. The Bertz CT molecular complexity index is 669. The second kappa shape index (κ2) is 5.28. The number of carbonyl (C=O) groups is 1. The first kappa shape index (κ1) is 14.3. The van der Waals surface area contributed by atoms with Gasteiger partial charge < -0.3 is 15.2 Å². The van der Waals surface area contributed by atoms with Gasteiger partial charge in [0.1, 0.15) is 5.75 Å². The Hall–Kier alpha value is -1.64. The molecule has 1 aromatic carbocycles. The fourth-order valence-electron chi connectivity index (χ4n) is 2.16. The van der Waals surface area contributed by atoms with Gasteiger partial charge in [-0.15, -0.1) is 0 Å². The van der Waals surface area contributed by atoms with E-state index in [-0.39, 0.29) is 29.9 Å². The van der Waals surface area contributed by atoms with E-state index in [2.05, 4.69) is 10.0 Å². The Balaban J connectivity index is 1.75. The minimum atomic E-state index is -3.73. The average molecular weight is 312 g/mol. The molecule has 0 aromatic heterocycles. The van der Waals surface area contributed by atoms with Gasteiger partial charge in [-0.2, -0.15) is 0 Å². The van der Waals surface area contributed by atoms with Crippen molar-refractivity contribution in [2.45, 2.75) is 23.8 Å². The van der Waals surface area contributed by atoms with Crippen molar-refractivity contribution in [3.05, 3.63) is 18.2 Å². The minimum Gasteiger partial charge on any atom is -0.482 e.